The van der Waals surface area contributed by atoms with Crippen molar-refractivity contribution in [2.45, 2.75) is 32.7 Å². The Morgan fingerprint density at radius 2 is 2.17 bits per heavy atom. The molecule has 0 amide bonds. The zero-order valence-corrected chi connectivity index (χ0v) is 11.4. The third-order valence-corrected chi connectivity index (χ3v) is 2.76. The second-order valence-electron chi connectivity index (χ2n) is 4.19. The first-order valence-electron chi connectivity index (χ1n) is 6.40. The predicted molar refractivity (Wildman–Crippen MR) is 75.2 cm³/mol. The number of hydrogen-bond donors (Lipinski definition) is 1. The van der Waals surface area contributed by atoms with Crippen LogP contribution in [0.4, 0.5) is 0 Å². The number of rotatable bonds is 8. The Balaban J connectivity index is 3.04. The summed E-state index contributed by atoms with van der Waals surface area (Å²) in [5, 5.41) is 0. The lowest BCUT2D eigenvalue weighted by atomic mass is 10.1. The van der Waals surface area contributed by atoms with Gasteiger partial charge in [-0.15, -0.1) is 6.58 Å². The topological polar surface area (TPSA) is 44.5 Å². The molecule has 0 spiro atoms. The summed E-state index contributed by atoms with van der Waals surface area (Å²) in [6, 6.07) is 4.00. The van der Waals surface area contributed by atoms with E-state index in [0.717, 1.165) is 41.9 Å². The van der Waals surface area contributed by atoms with E-state index in [4.69, 9.17) is 15.2 Å². The van der Waals surface area contributed by atoms with E-state index >= 15 is 0 Å². The molecule has 0 atom stereocenters. The van der Waals surface area contributed by atoms with Gasteiger partial charge in [-0.05, 0) is 24.5 Å². The van der Waals surface area contributed by atoms with Crippen molar-refractivity contribution in [3.63, 3.8) is 0 Å². The highest BCUT2D eigenvalue weighted by molar-refractivity contribution is 5.50. The van der Waals surface area contributed by atoms with Gasteiger partial charge < -0.3 is 15.2 Å². The van der Waals surface area contributed by atoms with E-state index in [9.17, 15) is 0 Å². The van der Waals surface area contributed by atoms with Crippen LogP contribution >= 0.6 is 0 Å². The molecule has 0 aliphatic rings. The maximum atomic E-state index is 5.84. The zero-order chi connectivity index (χ0) is 13.4. The van der Waals surface area contributed by atoms with Gasteiger partial charge in [0.1, 0.15) is 0 Å². The molecule has 2 N–H and O–H groups in total. The lowest BCUT2D eigenvalue weighted by molar-refractivity contribution is 0.285. The van der Waals surface area contributed by atoms with E-state index in [-0.39, 0.29) is 0 Å². The quantitative estimate of drug-likeness (QED) is 0.569. The molecular weight excluding hydrogens is 226 g/mol. The molecular formula is C15H23NO2. The van der Waals surface area contributed by atoms with Crippen LogP contribution in [0.1, 0.15) is 30.9 Å². The fraction of sp³-hybridized carbons (Fsp3) is 0.467. The van der Waals surface area contributed by atoms with Gasteiger partial charge in [-0.2, -0.15) is 0 Å². The zero-order valence-electron chi connectivity index (χ0n) is 11.4. The highest BCUT2D eigenvalue weighted by Crippen LogP contribution is 2.33. The summed E-state index contributed by atoms with van der Waals surface area (Å²) >= 11 is 0. The Morgan fingerprint density at radius 3 is 2.72 bits per heavy atom. The highest BCUT2D eigenvalue weighted by atomic mass is 16.5. The molecule has 1 rings (SSSR count). The van der Waals surface area contributed by atoms with Gasteiger partial charge in [0.25, 0.3) is 0 Å². The molecule has 1 aromatic rings. The number of nitrogens with two attached hydrogens (primary N) is 1. The minimum atomic E-state index is 0.496. The molecule has 0 aromatic heterocycles. The van der Waals surface area contributed by atoms with Crippen LogP contribution in [0.15, 0.2) is 24.8 Å². The van der Waals surface area contributed by atoms with Crippen molar-refractivity contribution in [1.82, 2.24) is 0 Å². The van der Waals surface area contributed by atoms with Crippen molar-refractivity contribution in [3.05, 3.63) is 35.9 Å². The molecule has 0 heterocycles. The third kappa shape index (κ3) is 3.77. The summed E-state index contributed by atoms with van der Waals surface area (Å²) in [5.41, 5.74) is 7.82. The number of ether oxygens (including phenoxy) is 2. The molecule has 0 unspecified atom stereocenters. The van der Waals surface area contributed by atoms with Gasteiger partial charge in [-0.1, -0.05) is 25.5 Å². The molecule has 0 radical (unpaired) electrons. The standard InChI is InChI=1S/C15H23NO2/c1-4-6-8-18-15-13(7-5-2)9-12(11-16)10-14(15)17-3/h5,9-10H,2,4,6-8,11,16H2,1,3H3. The van der Waals surface area contributed by atoms with E-state index in [1.54, 1.807) is 7.11 Å². The SMILES string of the molecule is C=CCc1cc(CN)cc(OC)c1OCCCC. The van der Waals surface area contributed by atoms with Crippen molar-refractivity contribution >= 4 is 0 Å². The van der Waals surface area contributed by atoms with Gasteiger partial charge in [0.15, 0.2) is 11.5 Å². The maximum absolute atomic E-state index is 5.84. The van der Waals surface area contributed by atoms with Crippen molar-refractivity contribution in [3.8, 4) is 11.5 Å². The van der Waals surface area contributed by atoms with Crippen LogP contribution < -0.4 is 15.2 Å². The molecule has 0 aliphatic heterocycles. The first kappa shape index (κ1) is 14.6. The van der Waals surface area contributed by atoms with Crippen LogP contribution in [-0.2, 0) is 13.0 Å². The lowest BCUT2D eigenvalue weighted by Crippen LogP contribution is -2.05. The molecule has 0 saturated heterocycles. The normalized spacial score (nSPS) is 10.2. The molecule has 3 heteroatoms. The summed E-state index contributed by atoms with van der Waals surface area (Å²) < 4.78 is 11.2. The molecule has 3 nitrogen and oxygen atoms in total. The molecule has 100 valence electrons. The molecule has 0 fully saturated rings. The van der Waals surface area contributed by atoms with Gasteiger partial charge in [0, 0.05) is 12.1 Å². The predicted octanol–water partition coefficient (Wildman–Crippen LogP) is 3.06. The summed E-state index contributed by atoms with van der Waals surface area (Å²) in [7, 11) is 1.65. The van der Waals surface area contributed by atoms with Crippen molar-refractivity contribution in [2.24, 2.45) is 5.73 Å². The van der Waals surface area contributed by atoms with Crippen LogP contribution in [0.25, 0.3) is 0 Å². The molecule has 0 aliphatic carbocycles. The third-order valence-electron chi connectivity index (χ3n) is 2.76. The van der Waals surface area contributed by atoms with Gasteiger partial charge in [0.2, 0.25) is 0 Å². The second-order valence-corrected chi connectivity index (χ2v) is 4.19. The Labute approximate surface area is 110 Å². The van der Waals surface area contributed by atoms with E-state index in [1.807, 2.05) is 12.1 Å². The van der Waals surface area contributed by atoms with Crippen LogP contribution in [0.5, 0.6) is 11.5 Å². The minimum Gasteiger partial charge on any atom is -0.493 e. The van der Waals surface area contributed by atoms with Crippen molar-refractivity contribution in [1.29, 1.82) is 0 Å². The maximum Gasteiger partial charge on any atom is 0.164 e. The largest absolute Gasteiger partial charge is 0.493 e. The highest BCUT2D eigenvalue weighted by Gasteiger charge is 2.12. The average molecular weight is 249 g/mol. The smallest absolute Gasteiger partial charge is 0.164 e. The minimum absolute atomic E-state index is 0.496. The first-order valence-corrected chi connectivity index (χ1v) is 6.40. The van der Waals surface area contributed by atoms with Gasteiger partial charge in [-0.25, -0.2) is 0 Å². The number of allylic oxidation sites excluding steroid dienone is 1. The van der Waals surface area contributed by atoms with E-state index < -0.39 is 0 Å². The fourth-order valence-corrected chi connectivity index (χ4v) is 1.78. The Kier molecular flexibility index (Phi) is 6.29. The van der Waals surface area contributed by atoms with E-state index in [2.05, 4.69) is 19.6 Å². The number of hydrogen-bond acceptors (Lipinski definition) is 3. The number of benzene rings is 1. The summed E-state index contributed by atoms with van der Waals surface area (Å²) in [6.07, 6.45) is 4.77. The van der Waals surface area contributed by atoms with Crippen molar-refractivity contribution in [2.75, 3.05) is 13.7 Å². The summed E-state index contributed by atoms with van der Waals surface area (Å²) in [4.78, 5) is 0. The average Bonchev–Trinajstić information content (AvgIpc) is 2.40. The first-order chi connectivity index (χ1) is 8.76. The van der Waals surface area contributed by atoms with Gasteiger partial charge in [0.05, 0.1) is 13.7 Å². The van der Waals surface area contributed by atoms with E-state index in [1.165, 1.54) is 0 Å². The monoisotopic (exact) mass is 249 g/mol. The lowest BCUT2D eigenvalue weighted by Gasteiger charge is -2.16. The van der Waals surface area contributed by atoms with Gasteiger partial charge in [-0.3, -0.25) is 0 Å². The second kappa shape index (κ2) is 7.77. The van der Waals surface area contributed by atoms with Crippen LogP contribution in [0, 0.1) is 0 Å². The summed E-state index contributed by atoms with van der Waals surface area (Å²) in [6.45, 7) is 7.12. The molecule has 18 heavy (non-hydrogen) atoms. The number of methoxy groups -OCH3 is 1. The van der Waals surface area contributed by atoms with Gasteiger partial charge >= 0.3 is 0 Å². The Bertz CT molecular complexity index is 388. The number of unbranched alkanes of at least 4 members (excludes halogenated alkanes) is 1. The van der Waals surface area contributed by atoms with Crippen LogP contribution in [-0.4, -0.2) is 13.7 Å². The van der Waals surface area contributed by atoms with E-state index in [0.29, 0.717) is 13.2 Å². The molecule has 0 saturated carbocycles. The Morgan fingerprint density at radius 1 is 1.39 bits per heavy atom. The summed E-state index contributed by atoms with van der Waals surface area (Å²) in [5.74, 6) is 1.58. The fourth-order valence-electron chi connectivity index (χ4n) is 1.78. The van der Waals surface area contributed by atoms with Crippen LogP contribution in [0.3, 0.4) is 0 Å². The van der Waals surface area contributed by atoms with Crippen LogP contribution in [0.2, 0.25) is 0 Å². The Hall–Kier alpha value is -1.48. The molecule has 1 aromatic carbocycles. The molecule has 0 bridgehead atoms. The van der Waals surface area contributed by atoms with Crippen molar-refractivity contribution < 1.29 is 9.47 Å².